The number of methoxy groups -OCH3 is 1. The lowest BCUT2D eigenvalue weighted by atomic mass is 10.1. The molecule has 0 aliphatic rings. The van der Waals surface area contributed by atoms with Crippen molar-refractivity contribution >= 4 is 33.8 Å². The Bertz CT molecular complexity index is 945. The summed E-state index contributed by atoms with van der Waals surface area (Å²) >= 11 is 1.35. The highest BCUT2D eigenvalue weighted by molar-refractivity contribution is 7.16. The molecule has 134 valence electrons. The van der Waals surface area contributed by atoms with E-state index in [0.29, 0.717) is 22.0 Å². The van der Waals surface area contributed by atoms with Gasteiger partial charge in [0, 0.05) is 4.88 Å². The van der Waals surface area contributed by atoms with Gasteiger partial charge >= 0.3 is 0 Å². The minimum Gasteiger partial charge on any atom is -0.495 e. The number of hydrogen-bond donors (Lipinski definition) is 2. The first-order chi connectivity index (χ1) is 12.5. The smallest absolute Gasteiger partial charge is 0.291 e. The highest BCUT2D eigenvalue weighted by Gasteiger charge is 2.23. The van der Waals surface area contributed by atoms with Crippen LogP contribution in [0.3, 0.4) is 0 Å². The fourth-order valence-electron chi connectivity index (χ4n) is 2.49. The summed E-state index contributed by atoms with van der Waals surface area (Å²) in [6, 6.07) is 10.4. The molecule has 0 radical (unpaired) electrons. The van der Waals surface area contributed by atoms with Crippen LogP contribution in [0, 0.1) is 13.8 Å². The minimum atomic E-state index is -0.400. The van der Waals surface area contributed by atoms with Gasteiger partial charge in [-0.3, -0.25) is 9.59 Å². The van der Waals surface area contributed by atoms with E-state index in [1.165, 1.54) is 17.6 Å². The Hall–Kier alpha value is -3.06. The van der Waals surface area contributed by atoms with Crippen LogP contribution in [0.15, 0.2) is 47.1 Å². The summed E-state index contributed by atoms with van der Waals surface area (Å²) in [5, 5.41) is 6.09. The van der Waals surface area contributed by atoms with Crippen molar-refractivity contribution in [3.63, 3.8) is 0 Å². The Labute approximate surface area is 154 Å². The number of ether oxygens (including phenoxy) is 1. The topological polar surface area (TPSA) is 80.6 Å². The zero-order valence-corrected chi connectivity index (χ0v) is 15.4. The Morgan fingerprint density at radius 1 is 1.04 bits per heavy atom. The van der Waals surface area contributed by atoms with E-state index in [4.69, 9.17) is 9.15 Å². The van der Waals surface area contributed by atoms with Crippen LogP contribution in [0.5, 0.6) is 5.75 Å². The van der Waals surface area contributed by atoms with Gasteiger partial charge in [0.2, 0.25) is 0 Å². The fraction of sp³-hybridized carbons (Fsp3) is 0.158. The van der Waals surface area contributed by atoms with Crippen molar-refractivity contribution in [3.8, 4) is 5.75 Å². The second-order valence-electron chi connectivity index (χ2n) is 5.57. The third-order valence-corrected chi connectivity index (χ3v) is 5.06. The SMILES string of the molecule is COc1ccccc1NC(=O)c1c(NC(=O)c2ccco2)sc(C)c1C. The van der Waals surface area contributed by atoms with Crippen molar-refractivity contribution < 1.29 is 18.7 Å². The molecule has 0 aliphatic carbocycles. The molecule has 0 atom stereocenters. The maximum Gasteiger partial charge on any atom is 0.291 e. The standard InChI is InChI=1S/C19H18N2O4S/c1-11-12(2)26-19(21-17(22)15-9-6-10-25-15)16(11)18(23)20-13-7-4-5-8-14(13)24-3/h4-10H,1-3H3,(H,20,23)(H,21,22). The molecule has 26 heavy (non-hydrogen) atoms. The van der Waals surface area contributed by atoms with Gasteiger partial charge in [-0.15, -0.1) is 11.3 Å². The van der Waals surface area contributed by atoms with Gasteiger partial charge in [-0.2, -0.15) is 0 Å². The molecule has 2 amide bonds. The van der Waals surface area contributed by atoms with Crippen molar-refractivity contribution in [2.45, 2.75) is 13.8 Å². The summed E-state index contributed by atoms with van der Waals surface area (Å²) in [7, 11) is 1.54. The second kappa shape index (κ2) is 7.45. The normalized spacial score (nSPS) is 10.4. The number of thiophene rings is 1. The van der Waals surface area contributed by atoms with Crippen LogP contribution >= 0.6 is 11.3 Å². The van der Waals surface area contributed by atoms with Gasteiger partial charge in [-0.1, -0.05) is 12.1 Å². The quantitative estimate of drug-likeness (QED) is 0.694. The van der Waals surface area contributed by atoms with Gasteiger partial charge in [-0.05, 0) is 43.7 Å². The van der Waals surface area contributed by atoms with Gasteiger partial charge in [0.25, 0.3) is 11.8 Å². The maximum atomic E-state index is 12.9. The average molecular weight is 370 g/mol. The molecule has 6 nitrogen and oxygen atoms in total. The number of anilines is 2. The molecule has 0 spiro atoms. The number of para-hydroxylation sites is 2. The van der Waals surface area contributed by atoms with Crippen LogP contribution in [0.4, 0.5) is 10.7 Å². The molecule has 0 fully saturated rings. The number of nitrogens with one attached hydrogen (secondary N) is 2. The Kier molecular flexibility index (Phi) is 5.09. The summed E-state index contributed by atoms with van der Waals surface area (Å²) in [5.74, 6) is 0.0325. The molecular formula is C19H18N2O4S. The first-order valence-electron chi connectivity index (χ1n) is 7.90. The molecule has 2 heterocycles. The number of furan rings is 1. The first-order valence-corrected chi connectivity index (χ1v) is 8.72. The molecule has 0 bridgehead atoms. The number of carbonyl (C=O) groups excluding carboxylic acids is 2. The Balaban J connectivity index is 1.89. The molecule has 1 aromatic carbocycles. The number of benzene rings is 1. The predicted molar refractivity (Wildman–Crippen MR) is 101 cm³/mol. The van der Waals surface area contributed by atoms with Crippen LogP contribution in [-0.2, 0) is 0 Å². The molecule has 3 aromatic rings. The monoisotopic (exact) mass is 370 g/mol. The van der Waals surface area contributed by atoms with Gasteiger partial charge in [0.05, 0.1) is 24.6 Å². The minimum absolute atomic E-state index is 0.185. The number of carbonyl (C=O) groups is 2. The van der Waals surface area contributed by atoms with Gasteiger partial charge in [0.1, 0.15) is 10.8 Å². The van der Waals surface area contributed by atoms with Crippen LogP contribution in [0.2, 0.25) is 0 Å². The van der Waals surface area contributed by atoms with Crippen LogP contribution in [0.25, 0.3) is 0 Å². The van der Waals surface area contributed by atoms with Crippen molar-refractivity contribution in [1.29, 1.82) is 0 Å². The van der Waals surface area contributed by atoms with E-state index in [2.05, 4.69) is 10.6 Å². The Morgan fingerprint density at radius 2 is 1.81 bits per heavy atom. The zero-order valence-electron chi connectivity index (χ0n) is 14.6. The van der Waals surface area contributed by atoms with E-state index >= 15 is 0 Å². The van der Waals surface area contributed by atoms with E-state index in [1.807, 2.05) is 26.0 Å². The molecular weight excluding hydrogens is 352 g/mol. The fourth-order valence-corrected chi connectivity index (χ4v) is 3.55. The summed E-state index contributed by atoms with van der Waals surface area (Å²) in [5.41, 5.74) is 1.81. The lowest BCUT2D eigenvalue weighted by Gasteiger charge is -2.11. The second-order valence-corrected chi connectivity index (χ2v) is 6.80. The summed E-state index contributed by atoms with van der Waals surface area (Å²) in [6.45, 7) is 3.76. The zero-order chi connectivity index (χ0) is 18.7. The maximum absolute atomic E-state index is 12.9. The Morgan fingerprint density at radius 3 is 2.50 bits per heavy atom. The van der Waals surface area contributed by atoms with E-state index in [1.54, 1.807) is 31.4 Å². The van der Waals surface area contributed by atoms with Crippen LogP contribution in [0.1, 0.15) is 31.4 Å². The lowest BCUT2D eigenvalue weighted by molar-refractivity contribution is 0.0997. The third-order valence-electron chi connectivity index (χ3n) is 3.94. The van der Waals surface area contributed by atoms with Gasteiger partial charge in [0.15, 0.2) is 5.76 Å². The van der Waals surface area contributed by atoms with E-state index in [0.717, 1.165) is 10.4 Å². The predicted octanol–water partition coefficient (Wildman–Crippen LogP) is 4.47. The van der Waals surface area contributed by atoms with Crippen molar-refractivity contribution in [2.75, 3.05) is 17.7 Å². The molecule has 7 heteroatoms. The highest BCUT2D eigenvalue weighted by Crippen LogP contribution is 2.34. The van der Waals surface area contributed by atoms with Crippen molar-refractivity contribution in [1.82, 2.24) is 0 Å². The summed E-state index contributed by atoms with van der Waals surface area (Å²) in [6.07, 6.45) is 1.43. The molecule has 2 N–H and O–H groups in total. The van der Waals surface area contributed by atoms with Crippen LogP contribution in [-0.4, -0.2) is 18.9 Å². The van der Waals surface area contributed by atoms with Crippen molar-refractivity contribution in [2.24, 2.45) is 0 Å². The number of rotatable bonds is 5. The molecule has 0 saturated heterocycles. The van der Waals surface area contributed by atoms with Crippen LogP contribution < -0.4 is 15.4 Å². The average Bonchev–Trinajstić information content (AvgIpc) is 3.25. The van der Waals surface area contributed by atoms with Crippen molar-refractivity contribution in [3.05, 3.63) is 64.4 Å². The number of hydrogen-bond acceptors (Lipinski definition) is 5. The number of aryl methyl sites for hydroxylation is 1. The van der Waals surface area contributed by atoms with E-state index < -0.39 is 5.91 Å². The molecule has 0 saturated carbocycles. The first kappa shape index (κ1) is 17.8. The van der Waals surface area contributed by atoms with E-state index in [9.17, 15) is 9.59 Å². The lowest BCUT2D eigenvalue weighted by Crippen LogP contribution is -2.17. The third kappa shape index (κ3) is 3.48. The summed E-state index contributed by atoms with van der Waals surface area (Å²) in [4.78, 5) is 26.1. The largest absolute Gasteiger partial charge is 0.495 e. The molecule has 3 rings (SSSR count). The summed E-state index contributed by atoms with van der Waals surface area (Å²) < 4.78 is 10.4. The molecule has 0 aliphatic heterocycles. The molecule has 2 aromatic heterocycles. The van der Waals surface area contributed by atoms with Gasteiger partial charge < -0.3 is 19.8 Å². The number of amides is 2. The van der Waals surface area contributed by atoms with E-state index in [-0.39, 0.29) is 11.7 Å². The van der Waals surface area contributed by atoms with Gasteiger partial charge in [-0.25, -0.2) is 0 Å². The molecule has 0 unspecified atom stereocenters. The highest BCUT2D eigenvalue weighted by atomic mass is 32.1.